The quantitative estimate of drug-likeness (QED) is 0.497. The fraction of sp³-hybridized carbons (Fsp3) is 0.321. The molecule has 1 saturated heterocycles. The average molecular weight is 504 g/mol. The molecule has 2 heterocycles. The monoisotopic (exact) mass is 503 g/mol. The summed E-state index contributed by atoms with van der Waals surface area (Å²) in [7, 11) is 0. The number of benzene rings is 2. The standard InChI is InChI=1S/C28H33N5O4/c1-20(2)33(27(35)25-8-5-17-37-25)19-26(34)29-22-9-11-24(12-10-22)31-13-15-32(16-14-31)28(36)30-23-7-4-6-21(3)18-23/h4-12,17-18,20H,13-16,19H2,1-3H3,(H,29,34)(H,30,36). The van der Waals surface area contributed by atoms with E-state index in [9.17, 15) is 14.4 Å². The SMILES string of the molecule is Cc1cccc(NC(=O)N2CCN(c3ccc(NC(=O)CN(C(=O)c4ccco4)C(C)C)cc3)CC2)c1. The lowest BCUT2D eigenvalue weighted by Crippen LogP contribution is -2.50. The van der Waals surface area contributed by atoms with Crippen molar-refractivity contribution in [3.8, 4) is 0 Å². The fourth-order valence-corrected chi connectivity index (χ4v) is 4.23. The molecule has 0 aliphatic carbocycles. The molecule has 3 aromatic rings. The van der Waals surface area contributed by atoms with Crippen LogP contribution in [0.25, 0.3) is 0 Å². The maximum atomic E-state index is 12.6. The molecule has 0 atom stereocenters. The van der Waals surface area contributed by atoms with Gasteiger partial charge in [-0.15, -0.1) is 0 Å². The zero-order valence-electron chi connectivity index (χ0n) is 21.4. The van der Waals surface area contributed by atoms with Gasteiger partial charge in [0.2, 0.25) is 5.91 Å². The van der Waals surface area contributed by atoms with Crippen LogP contribution in [0.5, 0.6) is 0 Å². The van der Waals surface area contributed by atoms with E-state index in [1.54, 1.807) is 12.1 Å². The maximum absolute atomic E-state index is 12.6. The molecule has 1 aromatic heterocycles. The smallest absolute Gasteiger partial charge is 0.321 e. The zero-order chi connectivity index (χ0) is 26.4. The van der Waals surface area contributed by atoms with Crippen molar-refractivity contribution < 1.29 is 18.8 Å². The Balaban J connectivity index is 1.27. The van der Waals surface area contributed by atoms with Gasteiger partial charge in [0.1, 0.15) is 6.54 Å². The summed E-state index contributed by atoms with van der Waals surface area (Å²) in [5.74, 6) is -0.398. The van der Waals surface area contributed by atoms with Crippen molar-refractivity contribution >= 4 is 34.9 Å². The fourth-order valence-electron chi connectivity index (χ4n) is 4.23. The molecule has 1 fully saturated rings. The molecule has 0 radical (unpaired) electrons. The highest BCUT2D eigenvalue weighted by Crippen LogP contribution is 2.20. The second kappa shape index (κ2) is 11.6. The Kier molecular flexibility index (Phi) is 8.12. The van der Waals surface area contributed by atoms with Crippen molar-refractivity contribution in [3.63, 3.8) is 0 Å². The summed E-state index contributed by atoms with van der Waals surface area (Å²) in [5.41, 5.74) is 3.57. The van der Waals surface area contributed by atoms with Crippen LogP contribution in [0.4, 0.5) is 21.9 Å². The molecule has 0 spiro atoms. The van der Waals surface area contributed by atoms with Crippen LogP contribution in [0.2, 0.25) is 0 Å². The first-order chi connectivity index (χ1) is 17.8. The van der Waals surface area contributed by atoms with Crippen LogP contribution in [0.3, 0.4) is 0 Å². The highest BCUT2D eigenvalue weighted by molar-refractivity contribution is 5.98. The Labute approximate surface area is 217 Å². The molecule has 2 N–H and O–H groups in total. The van der Waals surface area contributed by atoms with Gasteiger partial charge in [-0.05, 0) is 74.9 Å². The number of rotatable bonds is 7. The molecule has 1 aliphatic rings. The molecule has 1 aliphatic heterocycles. The molecule has 2 aromatic carbocycles. The van der Waals surface area contributed by atoms with E-state index in [0.29, 0.717) is 31.9 Å². The Hall–Kier alpha value is -4.27. The number of hydrogen-bond donors (Lipinski definition) is 2. The van der Waals surface area contributed by atoms with Crippen LogP contribution in [-0.4, -0.2) is 66.4 Å². The molecule has 0 saturated carbocycles. The molecule has 37 heavy (non-hydrogen) atoms. The third-order valence-electron chi connectivity index (χ3n) is 6.28. The number of nitrogens with zero attached hydrogens (tertiary/aromatic N) is 3. The normalized spacial score (nSPS) is 13.4. The number of carbonyl (C=O) groups excluding carboxylic acids is 3. The minimum atomic E-state index is -0.322. The Morgan fingerprint density at radius 3 is 2.27 bits per heavy atom. The van der Waals surface area contributed by atoms with Crippen molar-refractivity contribution in [1.29, 1.82) is 0 Å². The van der Waals surface area contributed by atoms with Gasteiger partial charge in [-0.1, -0.05) is 12.1 Å². The first-order valence-corrected chi connectivity index (χ1v) is 12.4. The van der Waals surface area contributed by atoms with E-state index in [1.807, 2.05) is 74.2 Å². The number of hydrogen-bond acceptors (Lipinski definition) is 5. The van der Waals surface area contributed by atoms with E-state index < -0.39 is 0 Å². The molecular weight excluding hydrogens is 470 g/mol. The summed E-state index contributed by atoms with van der Waals surface area (Å²) < 4.78 is 5.19. The minimum Gasteiger partial charge on any atom is -0.459 e. The van der Waals surface area contributed by atoms with Crippen LogP contribution < -0.4 is 15.5 Å². The lowest BCUT2D eigenvalue weighted by molar-refractivity contribution is -0.117. The van der Waals surface area contributed by atoms with Gasteiger partial charge in [-0.25, -0.2) is 4.79 Å². The van der Waals surface area contributed by atoms with Crippen LogP contribution in [0.15, 0.2) is 71.3 Å². The second-order valence-electron chi connectivity index (χ2n) is 9.37. The minimum absolute atomic E-state index is 0.0779. The first-order valence-electron chi connectivity index (χ1n) is 12.4. The number of nitrogens with one attached hydrogen (secondary N) is 2. The Morgan fingerprint density at radius 1 is 0.919 bits per heavy atom. The summed E-state index contributed by atoms with van der Waals surface area (Å²) in [4.78, 5) is 43.4. The summed E-state index contributed by atoms with van der Waals surface area (Å²) in [5, 5.41) is 5.83. The van der Waals surface area contributed by atoms with Crippen molar-refractivity contribution in [3.05, 3.63) is 78.3 Å². The van der Waals surface area contributed by atoms with Crippen molar-refractivity contribution in [2.45, 2.75) is 26.8 Å². The van der Waals surface area contributed by atoms with Gasteiger partial charge in [-0.3, -0.25) is 9.59 Å². The van der Waals surface area contributed by atoms with Gasteiger partial charge in [0.05, 0.1) is 6.26 Å². The molecule has 9 nitrogen and oxygen atoms in total. The number of furan rings is 1. The van der Waals surface area contributed by atoms with Gasteiger partial charge >= 0.3 is 6.03 Å². The highest BCUT2D eigenvalue weighted by atomic mass is 16.3. The van der Waals surface area contributed by atoms with Gasteiger partial charge in [0.25, 0.3) is 5.91 Å². The summed E-state index contributed by atoms with van der Waals surface area (Å²) in [6.07, 6.45) is 1.44. The van der Waals surface area contributed by atoms with E-state index in [2.05, 4.69) is 15.5 Å². The van der Waals surface area contributed by atoms with E-state index in [0.717, 1.165) is 16.9 Å². The molecule has 0 bridgehead atoms. The number of aryl methyl sites for hydroxylation is 1. The molecule has 4 rings (SSSR count). The van der Waals surface area contributed by atoms with Crippen molar-refractivity contribution in [2.75, 3.05) is 48.3 Å². The van der Waals surface area contributed by atoms with E-state index in [-0.39, 0.29) is 36.2 Å². The molecular formula is C28H33N5O4. The van der Waals surface area contributed by atoms with Gasteiger partial charge < -0.3 is 29.8 Å². The van der Waals surface area contributed by atoms with E-state index >= 15 is 0 Å². The largest absolute Gasteiger partial charge is 0.459 e. The number of carbonyl (C=O) groups is 3. The van der Waals surface area contributed by atoms with Crippen LogP contribution >= 0.6 is 0 Å². The molecule has 4 amide bonds. The lowest BCUT2D eigenvalue weighted by atomic mass is 10.2. The number of anilines is 3. The third kappa shape index (κ3) is 6.69. The predicted molar refractivity (Wildman–Crippen MR) is 144 cm³/mol. The topological polar surface area (TPSA) is 98.1 Å². The predicted octanol–water partition coefficient (Wildman–Crippen LogP) is 4.43. The van der Waals surface area contributed by atoms with Gasteiger partial charge in [-0.2, -0.15) is 0 Å². The summed E-state index contributed by atoms with van der Waals surface area (Å²) in [6, 6.07) is 18.3. The third-order valence-corrected chi connectivity index (χ3v) is 6.28. The second-order valence-corrected chi connectivity index (χ2v) is 9.37. The number of piperazine rings is 1. The molecule has 194 valence electrons. The van der Waals surface area contributed by atoms with Gasteiger partial charge in [0, 0.05) is 49.3 Å². The zero-order valence-corrected chi connectivity index (χ0v) is 21.4. The summed E-state index contributed by atoms with van der Waals surface area (Å²) in [6.45, 7) is 8.29. The van der Waals surface area contributed by atoms with Gasteiger partial charge in [0.15, 0.2) is 5.76 Å². The highest BCUT2D eigenvalue weighted by Gasteiger charge is 2.24. The first kappa shape index (κ1) is 25.8. The molecule has 0 unspecified atom stereocenters. The lowest BCUT2D eigenvalue weighted by Gasteiger charge is -2.36. The van der Waals surface area contributed by atoms with Crippen LogP contribution in [-0.2, 0) is 4.79 Å². The van der Waals surface area contributed by atoms with Crippen LogP contribution in [0.1, 0.15) is 30.0 Å². The summed E-state index contributed by atoms with van der Waals surface area (Å²) >= 11 is 0. The molecule has 9 heteroatoms. The number of urea groups is 1. The van der Waals surface area contributed by atoms with E-state index in [1.165, 1.54) is 11.2 Å². The average Bonchev–Trinajstić information content (AvgIpc) is 3.42. The Bertz CT molecular complexity index is 1220. The Morgan fingerprint density at radius 2 is 1.65 bits per heavy atom. The van der Waals surface area contributed by atoms with Crippen molar-refractivity contribution in [2.24, 2.45) is 0 Å². The van der Waals surface area contributed by atoms with E-state index in [4.69, 9.17) is 4.42 Å². The van der Waals surface area contributed by atoms with Crippen molar-refractivity contribution in [1.82, 2.24) is 9.80 Å². The maximum Gasteiger partial charge on any atom is 0.321 e. The van der Waals surface area contributed by atoms with Crippen LogP contribution in [0, 0.1) is 6.92 Å². The number of amides is 4.